The lowest BCUT2D eigenvalue weighted by atomic mass is 10.1. The van der Waals surface area contributed by atoms with Gasteiger partial charge in [-0.1, -0.05) is 0 Å². The highest BCUT2D eigenvalue weighted by molar-refractivity contribution is 7.15. The summed E-state index contributed by atoms with van der Waals surface area (Å²) in [4.78, 5) is 16.1. The number of hydrogen-bond acceptors (Lipinski definition) is 3. The highest BCUT2D eigenvalue weighted by Crippen LogP contribution is 2.29. The number of fused-ring (bicyclic) bond motifs is 1. The Morgan fingerprint density at radius 2 is 2.10 bits per heavy atom. The Hall–Kier alpha value is -2.21. The molecule has 102 valence electrons. The fraction of sp³-hybridized carbons (Fsp3) is 0.143. The monoisotopic (exact) mass is 290 g/mol. The van der Waals surface area contributed by atoms with Gasteiger partial charge in [0.25, 0.3) is 0 Å². The first-order valence-corrected chi connectivity index (χ1v) is 6.87. The molecule has 4 nitrogen and oxygen atoms in total. The molecule has 3 rings (SSSR count). The number of nitrogens with zero attached hydrogens (tertiary/aromatic N) is 2. The Morgan fingerprint density at radius 1 is 1.40 bits per heavy atom. The molecule has 2 aromatic heterocycles. The van der Waals surface area contributed by atoms with E-state index in [9.17, 15) is 9.18 Å². The topological polar surface area (TPSA) is 54.6 Å². The number of carbonyl (C=O) groups is 1. The van der Waals surface area contributed by atoms with Crippen molar-refractivity contribution >= 4 is 22.3 Å². The van der Waals surface area contributed by atoms with Crippen molar-refractivity contribution in [3.05, 3.63) is 46.9 Å². The second-order valence-corrected chi connectivity index (χ2v) is 5.30. The minimum absolute atomic E-state index is 0.0854. The van der Waals surface area contributed by atoms with Crippen LogP contribution in [0.3, 0.4) is 0 Å². The predicted molar refractivity (Wildman–Crippen MR) is 74.5 cm³/mol. The Balaban J connectivity index is 2.21. The van der Waals surface area contributed by atoms with Crippen LogP contribution in [0.5, 0.6) is 0 Å². The standard InChI is InChI=1S/C14H11FN2O2S/c1-8-11(6-13(18)19)17-12(7-20-14(17)16-8)9-2-4-10(15)5-3-9/h2-5,7H,6H2,1H3,(H,18,19). The Kier molecular flexibility index (Phi) is 3.02. The number of aryl methyl sites for hydroxylation is 1. The van der Waals surface area contributed by atoms with Crippen LogP contribution in [0.2, 0.25) is 0 Å². The summed E-state index contributed by atoms with van der Waals surface area (Å²) in [5.74, 6) is -1.20. The zero-order chi connectivity index (χ0) is 14.3. The maximum Gasteiger partial charge on any atom is 0.309 e. The molecule has 0 saturated heterocycles. The summed E-state index contributed by atoms with van der Waals surface area (Å²) in [6.07, 6.45) is -0.0854. The maximum absolute atomic E-state index is 13.0. The molecule has 0 spiro atoms. The lowest BCUT2D eigenvalue weighted by Crippen LogP contribution is -2.05. The van der Waals surface area contributed by atoms with Crippen LogP contribution in [-0.2, 0) is 11.2 Å². The van der Waals surface area contributed by atoms with Crippen molar-refractivity contribution in [2.24, 2.45) is 0 Å². The first-order chi connectivity index (χ1) is 9.56. The zero-order valence-electron chi connectivity index (χ0n) is 10.6. The smallest absolute Gasteiger partial charge is 0.309 e. The molecule has 0 saturated carbocycles. The molecule has 0 aliphatic carbocycles. The van der Waals surface area contributed by atoms with E-state index < -0.39 is 5.97 Å². The van der Waals surface area contributed by atoms with Gasteiger partial charge in [0.05, 0.1) is 23.5 Å². The molecule has 0 radical (unpaired) electrons. The Bertz CT molecular complexity index is 789. The van der Waals surface area contributed by atoms with Gasteiger partial charge in [0.15, 0.2) is 4.96 Å². The molecule has 0 fully saturated rings. The zero-order valence-corrected chi connectivity index (χ0v) is 11.4. The van der Waals surface area contributed by atoms with Gasteiger partial charge in [0.1, 0.15) is 5.82 Å². The number of rotatable bonds is 3. The lowest BCUT2D eigenvalue weighted by molar-refractivity contribution is -0.136. The normalized spacial score (nSPS) is 11.1. The molecular weight excluding hydrogens is 279 g/mol. The SMILES string of the molecule is Cc1nc2scc(-c3ccc(F)cc3)n2c1CC(=O)O. The molecule has 0 aliphatic rings. The van der Waals surface area contributed by atoms with E-state index in [0.29, 0.717) is 11.4 Å². The first kappa shape index (κ1) is 12.8. The largest absolute Gasteiger partial charge is 0.481 e. The maximum atomic E-state index is 13.0. The van der Waals surface area contributed by atoms with Crippen molar-refractivity contribution in [2.75, 3.05) is 0 Å². The number of benzene rings is 1. The van der Waals surface area contributed by atoms with Crippen LogP contribution in [0, 0.1) is 12.7 Å². The minimum Gasteiger partial charge on any atom is -0.481 e. The third-order valence-electron chi connectivity index (χ3n) is 3.12. The fourth-order valence-electron chi connectivity index (χ4n) is 2.19. The van der Waals surface area contributed by atoms with Crippen LogP contribution in [0.1, 0.15) is 11.4 Å². The number of aromatic nitrogens is 2. The number of carboxylic acid groups (broad SMARTS) is 1. The van der Waals surface area contributed by atoms with Crippen LogP contribution in [0.4, 0.5) is 4.39 Å². The van der Waals surface area contributed by atoms with Crippen LogP contribution >= 0.6 is 11.3 Å². The van der Waals surface area contributed by atoms with Gasteiger partial charge < -0.3 is 5.11 Å². The Morgan fingerprint density at radius 3 is 2.75 bits per heavy atom. The quantitative estimate of drug-likeness (QED) is 0.806. The fourth-order valence-corrected chi connectivity index (χ4v) is 3.15. The van der Waals surface area contributed by atoms with E-state index in [1.807, 2.05) is 9.78 Å². The van der Waals surface area contributed by atoms with Crippen molar-refractivity contribution in [2.45, 2.75) is 13.3 Å². The van der Waals surface area contributed by atoms with Crippen molar-refractivity contribution in [1.82, 2.24) is 9.38 Å². The van der Waals surface area contributed by atoms with Gasteiger partial charge >= 0.3 is 5.97 Å². The van der Waals surface area contributed by atoms with Gasteiger partial charge in [0.2, 0.25) is 0 Å². The van der Waals surface area contributed by atoms with Crippen molar-refractivity contribution in [1.29, 1.82) is 0 Å². The number of aliphatic carboxylic acids is 1. The molecule has 0 aliphatic heterocycles. The molecule has 0 atom stereocenters. The third-order valence-corrected chi connectivity index (χ3v) is 3.94. The van der Waals surface area contributed by atoms with Crippen molar-refractivity contribution in [3.63, 3.8) is 0 Å². The van der Waals surface area contributed by atoms with Gasteiger partial charge in [-0.2, -0.15) is 0 Å². The average Bonchev–Trinajstić information content (AvgIpc) is 2.91. The highest BCUT2D eigenvalue weighted by atomic mass is 32.1. The molecule has 0 amide bonds. The highest BCUT2D eigenvalue weighted by Gasteiger charge is 2.17. The number of imidazole rings is 1. The van der Waals surface area contributed by atoms with Gasteiger partial charge in [-0.3, -0.25) is 9.20 Å². The number of halogens is 1. The van der Waals surface area contributed by atoms with E-state index in [-0.39, 0.29) is 12.2 Å². The lowest BCUT2D eigenvalue weighted by Gasteiger charge is -2.04. The second-order valence-electron chi connectivity index (χ2n) is 4.46. The minimum atomic E-state index is -0.897. The number of hydrogen-bond donors (Lipinski definition) is 1. The summed E-state index contributed by atoms with van der Waals surface area (Å²) in [6, 6.07) is 6.13. The Labute approximate surface area is 118 Å². The number of carboxylic acids is 1. The van der Waals surface area contributed by atoms with Crippen LogP contribution in [0.25, 0.3) is 16.2 Å². The molecule has 3 aromatic rings. The van der Waals surface area contributed by atoms with Gasteiger partial charge in [-0.15, -0.1) is 11.3 Å². The van der Waals surface area contributed by atoms with E-state index in [1.54, 1.807) is 19.1 Å². The molecule has 6 heteroatoms. The molecule has 1 aromatic carbocycles. The molecule has 0 bridgehead atoms. The molecule has 2 heterocycles. The summed E-state index contributed by atoms with van der Waals surface area (Å²) < 4.78 is 14.8. The first-order valence-electron chi connectivity index (χ1n) is 5.99. The van der Waals surface area contributed by atoms with Gasteiger partial charge in [0, 0.05) is 5.38 Å². The third kappa shape index (κ3) is 2.08. The molecule has 0 unspecified atom stereocenters. The molecule has 20 heavy (non-hydrogen) atoms. The average molecular weight is 290 g/mol. The van der Waals surface area contributed by atoms with Crippen LogP contribution < -0.4 is 0 Å². The summed E-state index contributed by atoms with van der Waals surface area (Å²) >= 11 is 1.44. The number of thiazole rings is 1. The van der Waals surface area contributed by atoms with E-state index in [1.165, 1.54) is 23.5 Å². The summed E-state index contributed by atoms with van der Waals surface area (Å²) in [5.41, 5.74) is 3.04. The van der Waals surface area contributed by atoms with Crippen molar-refractivity contribution < 1.29 is 14.3 Å². The van der Waals surface area contributed by atoms with Gasteiger partial charge in [-0.25, -0.2) is 9.37 Å². The molecular formula is C14H11FN2O2S. The van der Waals surface area contributed by atoms with E-state index >= 15 is 0 Å². The van der Waals surface area contributed by atoms with E-state index in [2.05, 4.69) is 4.98 Å². The second kappa shape index (κ2) is 4.72. The van der Waals surface area contributed by atoms with Gasteiger partial charge in [-0.05, 0) is 36.8 Å². The predicted octanol–water partition coefficient (Wildman–Crippen LogP) is 3.14. The summed E-state index contributed by atoms with van der Waals surface area (Å²) in [6.45, 7) is 1.80. The van der Waals surface area contributed by atoms with E-state index in [4.69, 9.17) is 5.11 Å². The molecule has 1 N–H and O–H groups in total. The van der Waals surface area contributed by atoms with Crippen LogP contribution in [-0.4, -0.2) is 20.5 Å². The summed E-state index contributed by atoms with van der Waals surface area (Å²) in [5, 5.41) is 10.9. The van der Waals surface area contributed by atoms with E-state index in [0.717, 1.165) is 16.2 Å². The van der Waals surface area contributed by atoms with Crippen LogP contribution in [0.15, 0.2) is 29.6 Å². The summed E-state index contributed by atoms with van der Waals surface area (Å²) in [7, 11) is 0. The van der Waals surface area contributed by atoms with Crippen molar-refractivity contribution in [3.8, 4) is 11.3 Å².